The topological polar surface area (TPSA) is 102 Å². The Morgan fingerprint density at radius 3 is 2.63 bits per heavy atom. The molecule has 0 spiro atoms. The Morgan fingerprint density at radius 1 is 1.05 bits per heavy atom. The van der Waals surface area contributed by atoms with Crippen LogP contribution in [0.2, 0.25) is 0 Å². The lowest BCUT2D eigenvalue weighted by molar-refractivity contribution is -0.200. The van der Waals surface area contributed by atoms with Gasteiger partial charge in [0.15, 0.2) is 0 Å². The molecule has 0 aliphatic carbocycles. The van der Waals surface area contributed by atoms with Crippen molar-refractivity contribution >= 4 is 10.9 Å². The van der Waals surface area contributed by atoms with Gasteiger partial charge in [0.05, 0.1) is 17.4 Å². The van der Waals surface area contributed by atoms with Crippen LogP contribution in [0.5, 0.6) is 0 Å². The number of aromatic nitrogens is 6. The molecule has 0 bridgehead atoms. The molecule has 43 heavy (non-hydrogen) atoms. The summed E-state index contributed by atoms with van der Waals surface area (Å²) in [5.41, 5.74) is 5.49. The smallest absolute Gasteiger partial charge is 0.261 e. The van der Waals surface area contributed by atoms with Gasteiger partial charge >= 0.3 is 0 Å². The first kappa shape index (κ1) is 27.6. The molecule has 0 amide bonds. The van der Waals surface area contributed by atoms with Crippen molar-refractivity contribution in [1.82, 2.24) is 35.2 Å². The Morgan fingerprint density at radius 2 is 1.88 bits per heavy atom. The van der Waals surface area contributed by atoms with E-state index in [1.165, 1.54) is 12.8 Å². The third-order valence-electron chi connectivity index (χ3n) is 9.18. The van der Waals surface area contributed by atoms with Crippen LogP contribution in [-0.4, -0.2) is 47.8 Å². The van der Waals surface area contributed by atoms with Crippen molar-refractivity contribution in [2.24, 2.45) is 0 Å². The molecule has 7 rings (SSSR count). The van der Waals surface area contributed by atoms with Gasteiger partial charge in [-0.05, 0) is 65.3 Å². The molecule has 3 aromatic carbocycles. The highest BCUT2D eigenvalue weighted by molar-refractivity contribution is 5.80. The van der Waals surface area contributed by atoms with Crippen molar-refractivity contribution in [3.8, 4) is 22.5 Å². The van der Waals surface area contributed by atoms with Gasteiger partial charge in [0, 0.05) is 31.0 Å². The maximum Gasteiger partial charge on any atom is 0.261 e. The zero-order chi connectivity index (χ0) is 29.4. The molecule has 0 saturated carbocycles. The van der Waals surface area contributed by atoms with Crippen LogP contribution in [0.1, 0.15) is 69.3 Å². The summed E-state index contributed by atoms with van der Waals surface area (Å²) in [6.45, 7) is 5.79. The molecule has 2 aromatic heterocycles. The molecule has 1 N–H and O–H groups in total. The number of aromatic amines is 1. The second-order valence-electron chi connectivity index (χ2n) is 11.8. The highest BCUT2D eigenvalue weighted by atomic mass is 16.7. The van der Waals surface area contributed by atoms with E-state index in [1.807, 2.05) is 28.8 Å². The van der Waals surface area contributed by atoms with E-state index in [0.29, 0.717) is 23.8 Å². The first-order valence-electron chi connectivity index (χ1n) is 15.5. The fourth-order valence-electron chi connectivity index (χ4n) is 6.78. The second-order valence-corrected chi connectivity index (χ2v) is 11.8. The number of tetrazole rings is 1. The molecule has 9 nitrogen and oxygen atoms in total. The number of hydrogen-bond acceptors (Lipinski definition) is 7. The number of nitrogens with one attached hydrogen (secondary N) is 1. The van der Waals surface area contributed by atoms with Crippen LogP contribution in [0, 0.1) is 0 Å². The fraction of sp³-hybridized carbons (Fsp3) is 0.382. The largest absolute Gasteiger partial charge is 0.292 e. The van der Waals surface area contributed by atoms with Crippen molar-refractivity contribution in [3.63, 3.8) is 0 Å². The number of H-pyrrole nitrogens is 1. The Labute approximate surface area is 250 Å². The van der Waals surface area contributed by atoms with Crippen molar-refractivity contribution in [2.45, 2.75) is 77.0 Å². The molecule has 5 aromatic rings. The summed E-state index contributed by atoms with van der Waals surface area (Å²) in [6.07, 6.45) is 6.96. The Kier molecular flexibility index (Phi) is 7.36. The number of unbranched alkanes of at least 4 members (excludes halogenated alkanes) is 1. The van der Waals surface area contributed by atoms with Crippen LogP contribution < -0.4 is 5.56 Å². The summed E-state index contributed by atoms with van der Waals surface area (Å²) >= 11 is 0. The zero-order valence-electron chi connectivity index (χ0n) is 24.8. The van der Waals surface area contributed by atoms with Crippen LogP contribution in [-0.2, 0) is 23.4 Å². The van der Waals surface area contributed by atoms with Crippen LogP contribution >= 0.6 is 0 Å². The maximum absolute atomic E-state index is 14.2. The molecule has 2 aliphatic heterocycles. The van der Waals surface area contributed by atoms with Crippen molar-refractivity contribution in [3.05, 3.63) is 94.0 Å². The van der Waals surface area contributed by atoms with Crippen LogP contribution in [0.3, 0.4) is 0 Å². The Hall–Kier alpha value is -4.21. The van der Waals surface area contributed by atoms with Gasteiger partial charge in [-0.1, -0.05) is 74.9 Å². The summed E-state index contributed by atoms with van der Waals surface area (Å²) in [5, 5.41) is 17.4. The lowest BCUT2D eigenvalue weighted by Crippen LogP contribution is -2.29. The first-order chi connectivity index (χ1) is 21.1. The predicted octanol–water partition coefficient (Wildman–Crippen LogP) is 6.04. The standard InChI is InChI=1S/C34H37N7O2/c1-3-5-12-31-35-30-18-17-25(34(4-2)21-26-9-8-19-41(26)43-34)20-29(30)33(42)40(31)22-23-13-15-24(16-14-23)27-10-6-7-11-28(27)32-36-38-39-37-32/h6-7,10-11,13-18,20,26H,3-5,8-9,12,19,21-22H2,1-2H3,(H,36,37,38,39)/t26-,34+/m1/s1. The van der Waals surface area contributed by atoms with Gasteiger partial charge in [0.25, 0.3) is 5.56 Å². The van der Waals surface area contributed by atoms with E-state index in [0.717, 1.165) is 77.8 Å². The maximum atomic E-state index is 14.2. The second kappa shape index (κ2) is 11.5. The van der Waals surface area contributed by atoms with Gasteiger partial charge in [-0.25, -0.2) is 4.98 Å². The molecule has 4 heterocycles. The molecule has 2 aliphatic rings. The average Bonchev–Trinajstić information content (AvgIpc) is 3.80. The van der Waals surface area contributed by atoms with Gasteiger partial charge in [0.2, 0.25) is 5.82 Å². The van der Waals surface area contributed by atoms with Gasteiger partial charge in [-0.15, -0.1) is 10.2 Å². The highest BCUT2D eigenvalue weighted by Gasteiger charge is 2.47. The third kappa shape index (κ3) is 5.06. The summed E-state index contributed by atoms with van der Waals surface area (Å²) in [7, 11) is 0. The Bertz CT molecular complexity index is 1780. The lowest BCUT2D eigenvalue weighted by Gasteiger charge is -2.28. The minimum absolute atomic E-state index is 0.00855. The van der Waals surface area contributed by atoms with Crippen LogP contribution in [0.25, 0.3) is 33.4 Å². The van der Waals surface area contributed by atoms with Crippen molar-refractivity contribution < 1.29 is 4.84 Å². The van der Waals surface area contributed by atoms with E-state index in [4.69, 9.17) is 9.82 Å². The van der Waals surface area contributed by atoms with Crippen LogP contribution in [0.4, 0.5) is 0 Å². The fourth-order valence-corrected chi connectivity index (χ4v) is 6.78. The van der Waals surface area contributed by atoms with E-state index < -0.39 is 0 Å². The molecule has 220 valence electrons. The van der Waals surface area contributed by atoms with Crippen molar-refractivity contribution in [1.29, 1.82) is 0 Å². The first-order valence-corrected chi connectivity index (χ1v) is 15.5. The van der Waals surface area contributed by atoms with E-state index in [1.54, 1.807) is 0 Å². The van der Waals surface area contributed by atoms with E-state index in [-0.39, 0.29) is 11.2 Å². The number of aryl methyl sites for hydroxylation is 1. The lowest BCUT2D eigenvalue weighted by atomic mass is 9.85. The van der Waals surface area contributed by atoms with Gasteiger partial charge < -0.3 is 0 Å². The molecular formula is C34H37N7O2. The summed E-state index contributed by atoms with van der Waals surface area (Å²) in [4.78, 5) is 25.8. The quantitative estimate of drug-likeness (QED) is 0.229. The molecule has 0 radical (unpaired) electrons. The van der Waals surface area contributed by atoms with Gasteiger partial charge in [-0.3, -0.25) is 14.2 Å². The number of hydroxylamine groups is 2. The highest BCUT2D eigenvalue weighted by Crippen LogP contribution is 2.46. The average molecular weight is 576 g/mol. The van der Waals surface area contributed by atoms with Gasteiger partial charge in [0.1, 0.15) is 11.4 Å². The zero-order valence-corrected chi connectivity index (χ0v) is 24.8. The molecule has 2 fully saturated rings. The molecular weight excluding hydrogens is 538 g/mol. The van der Waals surface area contributed by atoms with Crippen molar-refractivity contribution in [2.75, 3.05) is 6.54 Å². The Balaban J connectivity index is 1.24. The number of fused-ring (bicyclic) bond motifs is 2. The molecule has 9 heteroatoms. The van der Waals surface area contributed by atoms with Gasteiger partial charge in [-0.2, -0.15) is 10.3 Å². The monoisotopic (exact) mass is 575 g/mol. The summed E-state index contributed by atoms with van der Waals surface area (Å²) < 4.78 is 1.87. The molecule has 2 saturated heterocycles. The van der Waals surface area contributed by atoms with E-state index in [9.17, 15) is 4.79 Å². The third-order valence-corrected chi connectivity index (χ3v) is 9.18. The minimum atomic E-state index is -0.384. The number of hydrogen-bond donors (Lipinski definition) is 1. The molecule has 0 unspecified atom stereocenters. The number of benzene rings is 3. The van der Waals surface area contributed by atoms with Crippen LogP contribution in [0.15, 0.2) is 71.5 Å². The predicted molar refractivity (Wildman–Crippen MR) is 166 cm³/mol. The molecule has 2 atom stereocenters. The van der Waals surface area contributed by atoms with E-state index in [2.05, 4.69) is 82.0 Å². The summed E-state index contributed by atoms with van der Waals surface area (Å²) in [6, 6.07) is 23.0. The summed E-state index contributed by atoms with van der Waals surface area (Å²) in [5.74, 6) is 1.39. The number of rotatable bonds is 9. The SMILES string of the molecule is CCCCc1nc2ccc([C@]3(CC)C[C@H]4CCCN4O3)cc2c(=O)n1Cc1ccc(-c2ccccc2-c2nn[nH]n2)cc1. The minimum Gasteiger partial charge on any atom is -0.292 e. The normalized spacial score (nSPS) is 20.2. The van der Waals surface area contributed by atoms with E-state index >= 15 is 0 Å². The number of nitrogens with zero attached hydrogens (tertiary/aromatic N) is 6.